The van der Waals surface area contributed by atoms with Crippen LogP contribution >= 0.6 is 11.3 Å². The molecule has 5 heterocycles. The van der Waals surface area contributed by atoms with Gasteiger partial charge in [0.05, 0.1) is 21.0 Å². The Morgan fingerprint density at radius 3 is 2.71 bits per heavy atom. The number of piperidine rings is 1. The zero-order valence-electron chi connectivity index (χ0n) is 17.5. The summed E-state index contributed by atoms with van der Waals surface area (Å²) in [6.45, 7) is 6.36. The van der Waals surface area contributed by atoms with E-state index in [1.54, 1.807) is 40.7 Å². The molecule has 1 saturated heterocycles. The van der Waals surface area contributed by atoms with Crippen LogP contribution in [0.5, 0.6) is 0 Å². The van der Waals surface area contributed by atoms with Crippen LogP contribution in [0, 0.1) is 19.8 Å². The molecule has 0 amide bonds. The molecule has 0 radical (unpaired) electrons. The fraction of sp³-hybridized carbons (Fsp3) is 0.364. The van der Waals surface area contributed by atoms with E-state index in [9.17, 15) is 4.79 Å². The minimum atomic E-state index is -0.0575. The van der Waals surface area contributed by atoms with Crippen LogP contribution in [0.15, 0.2) is 41.6 Å². The molecule has 5 rings (SSSR count). The summed E-state index contributed by atoms with van der Waals surface area (Å²) in [7, 11) is 0. The molecule has 4 aromatic rings. The van der Waals surface area contributed by atoms with Crippen LogP contribution in [0.4, 0.5) is 5.82 Å². The lowest BCUT2D eigenvalue weighted by atomic mass is 9.96. The number of pyridine rings is 1. The molecular weight excluding hydrogens is 410 g/mol. The molecule has 31 heavy (non-hydrogen) atoms. The average Bonchev–Trinajstić information content (AvgIpc) is 3.13. The predicted octanol–water partition coefficient (Wildman–Crippen LogP) is 3.24. The van der Waals surface area contributed by atoms with E-state index >= 15 is 0 Å². The Labute approximate surface area is 183 Å². The zero-order chi connectivity index (χ0) is 21.4. The summed E-state index contributed by atoms with van der Waals surface area (Å²) in [6.07, 6.45) is 5.28. The second-order valence-electron chi connectivity index (χ2n) is 7.89. The third-order valence-corrected chi connectivity index (χ3v) is 6.83. The van der Waals surface area contributed by atoms with Crippen molar-refractivity contribution in [1.29, 1.82) is 0 Å². The first-order valence-corrected chi connectivity index (χ1v) is 11.2. The highest BCUT2D eigenvalue weighted by atomic mass is 32.1. The van der Waals surface area contributed by atoms with Crippen molar-refractivity contribution in [3.05, 3.63) is 57.8 Å². The van der Waals surface area contributed by atoms with Gasteiger partial charge in [-0.3, -0.25) is 4.79 Å². The summed E-state index contributed by atoms with van der Waals surface area (Å²) in [4.78, 5) is 33.4. The number of thiazole rings is 1. The molecule has 8 nitrogen and oxygen atoms in total. The second-order valence-corrected chi connectivity index (χ2v) is 9.09. The molecule has 0 spiro atoms. The van der Waals surface area contributed by atoms with E-state index in [1.807, 2.05) is 26.0 Å². The highest BCUT2D eigenvalue weighted by molar-refractivity contribution is 7.15. The number of anilines is 1. The van der Waals surface area contributed by atoms with Gasteiger partial charge >= 0.3 is 0 Å². The van der Waals surface area contributed by atoms with Gasteiger partial charge in [-0.25, -0.2) is 24.6 Å². The Hall–Kier alpha value is -3.20. The maximum atomic E-state index is 12.5. The smallest absolute Gasteiger partial charge is 0.266 e. The Balaban J connectivity index is 1.31. The van der Waals surface area contributed by atoms with E-state index in [2.05, 4.69) is 29.9 Å². The monoisotopic (exact) mass is 433 g/mol. The maximum Gasteiger partial charge on any atom is 0.266 e. The van der Waals surface area contributed by atoms with E-state index in [0.717, 1.165) is 64.1 Å². The number of hydrogen-bond acceptors (Lipinski definition) is 8. The summed E-state index contributed by atoms with van der Waals surface area (Å²) in [6, 6.07) is 7.35. The molecule has 0 unspecified atom stereocenters. The highest BCUT2D eigenvalue weighted by Gasteiger charge is 2.23. The third-order valence-electron chi connectivity index (χ3n) is 5.74. The minimum Gasteiger partial charge on any atom is -0.356 e. The molecule has 1 fully saturated rings. The normalized spacial score (nSPS) is 15.0. The van der Waals surface area contributed by atoms with E-state index in [0.29, 0.717) is 12.5 Å². The van der Waals surface area contributed by atoms with Crippen LogP contribution in [0.25, 0.3) is 21.6 Å². The lowest BCUT2D eigenvalue weighted by Gasteiger charge is -2.33. The third kappa shape index (κ3) is 3.93. The molecular formula is C22H23N7OS. The first-order valence-electron chi connectivity index (χ1n) is 10.4. The number of fused-ring (bicyclic) bond motifs is 1. The molecule has 4 aromatic heterocycles. The van der Waals surface area contributed by atoms with Crippen LogP contribution in [-0.4, -0.2) is 42.8 Å². The summed E-state index contributed by atoms with van der Waals surface area (Å²) in [5.41, 5.74) is 2.44. The Bertz CT molecular complexity index is 1290. The van der Waals surface area contributed by atoms with Gasteiger partial charge in [0, 0.05) is 31.9 Å². The molecule has 0 bridgehead atoms. The lowest BCUT2D eigenvalue weighted by molar-refractivity contribution is 0.335. The number of hydrogen-bond donors (Lipinski definition) is 0. The number of nitrogens with zero attached hydrogens (tertiary/aromatic N) is 7. The van der Waals surface area contributed by atoms with Crippen molar-refractivity contribution in [1.82, 2.24) is 29.7 Å². The van der Waals surface area contributed by atoms with Crippen LogP contribution in [-0.2, 0) is 6.54 Å². The van der Waals surface area contributed by atoms with Crippen molar-refractivity contribution >= 4 is 28.2 Å². The van der Waals surface area contributed by atoms with Gasteiger partial charge in [-0.15, -0.1) is 11.3 Å². The first-order chi connectivity index (χ1) is 15.1. The molecule has 0 N–H and O–H groups in total. The van der Waals surface area contributed by atoms with Gasteiger partial charge in [0.1, 0.15) is 17.8 Å². The summed E-state index contributed by atoms with van der Waals surface area (Å²) >= 11 is 1.61. The number of aryl methyl sites for hydroxylation is 2. The summed E-state index contributed by atoms with van der Waals surface area (Å²) < 4.78 is 1.62. The van der Waals surface area contributed by atoms with Crippen molar-refractivity contribution in [2.24, 2.45) is 5.92 Å². The number of rotatable bonds is 4. The average molecular weight is 434 g/mol. The minimum absolute atomic E-state index is 0.0575. The van der Waals surface area contributed by atoms with Gasteiger partial charge < -0.3 is 4.90 Å². The summed E-state index contributed by atoms with van der Waals surface area (Å²) in [5.74, 6) is 1.33. The maximum absolute atomic E-state index is 12.5. The largest absolute Gasteiger partial charge is 0.356 e. The zero-order valence-corrected chi connectivity index (χ0v) is 18.3. The van der Waals surface area contributed by atoms with Gasteiger partial charge in [-0.2, -0.15) is 5.10 Å². The predicted molar refractivity (Wildman–Crippen MR) is 121 cm³/mol. The molecule has 0 atom stereocenters. The van der Waals surface area contributed by atoms with Gasteiger partial charge in [-0.1, -0.05) is 0 Å². The molecule has 1 aliphatic rings. The molecule has 9 heteroatoms. The van der Waals surface area contributed by atoms with Crippen LogP contribution in [0.1, 0.15) is 23.5 Å². The van der Waals surface area contributed by atoms with E-state index in [1.165, 1.54) is 0 Å². The molecule has 158 valence electrons. The van der Waals surface area contributed by atoms with Gasteiger partial charge in [0.25, 0.3) is 5.56 Å². The second kappa shape index (κ2) is 8.14. The fourth-order valence-electron chi connectivity index (χ4n) is 4.18. The Morgan fingerprint density at radius 2 is 1.94 bits per heavy atom. The van der Waals surface area contributed by atoms with E-state index in [4.69, 9.17) is 0 Å². The fourth-order valence-corrected chi connectivity index (χ4v) is 5.06. The SMILES string of the molecule is Cc1nc(C)c(-c2ccc(=O)n(CC3CCN(c4ncnc5ncccc45)CC3)n2)s1. The van der Waals surface area contributed by atoms with Crippen molar-refractivity contribution in [3.63, 3.8) is 0 Å². The molecule has 0 aliphatic carbocycles. The lowest BCUT2D eigenvalue weighted by Crippen LogP contribution is -2.37. The van der Waals surface area contributed by atoms with Crippen molar-refractivity contribution in [2.45, 2.75) is 33.2 Å². The quantitative estimate of drug-likeness (QED) is 0.488. The van der Waals surface area contributed by atoms with Crippen LogP contribution < -0.4 is 10.5 Å². The molecule has 0 aromatic carbocycles. The molecule has 0 saturated carbocycles. The Kier molecular flexibility index (Phi) is 5.19. The summed E-state index contributed by atoms with van der Waals surface area (Å²) in [5, 5.41) is 6.64. The van der Waals surface area contributed by atoms with Crippen LogP contribution in [0.2, 0.25) is 0 Å². The molecule has 1 aliphatic heterocycles. The Morgan fingerprint density at radius 1 is 1.10 bits per heavy atom. The van der Waals surface area contributed by atoms with Gasteiger partial charge in [-0.05, 0) is 50.8 Å². The van der Waals surface area contributed by atoms with Crippen LogP contribution in [0.3, 0.4) is 0 Å². The number of aromatic nitrogens is 6. The van der Waals surface area contributed by atoms with Crippen molar-refractivity contribution in [2.75, 3.05) is 18.0 Å². The van der Waals surface area contributed by atoms with E-state index < -0.39 is 0 Å². The topological polar surface area (TPSA) is 89.7 Å². The van der Waals surface area contributed by atoms with Crippen molar-refractivity contribution < 1.29 is 0 Å². The van der Waals surface area contributed by atoms with Gasteiger partial charge in [0.15, 0.2) is 5.65 Å². The van der Waals surface area contributed by atoms with Crippen molar-refractivity contribution in [3.8, 4) is 10.6 Å². The standard InChI is InChI=1S/C22H23N7OS/c1-14-20(31-15(2)26-14)18-5-6-19(30)29(27-18)12-16-7-10-28(11-8-16)22-17-4-3-9-23-21(17)24-13-25-22/h3-6,9,13,16H,7-8,10-12H2,1-2H3. The van der Waals surface area contributed by atoms with Gasteiger partial charge in [0.2, 0.25) is 0 Å². The van der Waals surface area contributed by atoms with E-state index in [-0.39, 0.29) is 5.56 Å². The highest BCUT2D eigenvalue weighted by Crippen LogP contribution is 2.29. The first kappa shape index (κ1) is 19.7.